The zero-order valence-electron chi connectivity index (χ0n) is 20.1. The summed E-state index contributed by atoms with van der Waals surface area (Å²) in [4.78, 5) is 22.3. The van der Waals surface area contributed by atoms with E-state index >= 15 is 0 Å². The zero-order chi connectivity index (χ0) is 25.4. The van der Waals surface area contributed by atoms with Gasteiger partial charge in [-0.05, 0) is 12.0 Å². The predicted octanol–water partition coefficient (Wildman–Crippen LogP) is 2.55. The van der Waals surface area contributed by atoms with Crippen LogP contribution in [0.1, 0.15) is 24.6 Å². The van der Waals surface area contributed by atoms with Crippen LogP contribution < -0.4 is 5.56 Å². The van der Waals surface area contributed by atoms with Gasteiger partial charge in [-0.2, -0.15) is 9.40 Å². The molecule has 36 heavy (non-hydrogen) atoms. The smallest absolute Gasteiger partial charge is 0.277 e. The van der Waals surface area contributed by atoms with Crippen molar-refractivity contribution in [3.63, 3.8) is 0 Å². The quantitative estimate of drug-likeness (QED) is 0.378. The van der Waals surface area contributed by atoms with E-state index in [9.17, 15) is 18.3 Å². The van der Waals surface area contributed by atoms with Gasteiger partial charge in [0, 0.05) is 45.2 Å². The van der Waals surface area contributed by atoms with E-state index in [2.05, 4.69) is 32.1 Å². The van der Waals surface area contributed by atoms with Crippen molar-refractivity contribution in [3.8, 4) is 16.5 Å². The summed E-state index contributed by atoms with van der Waals surface area (Å²) in [6, 6.07) is 10.1. The summed E-state index contributed by atoms with van der Waals surface area (Å²) in [5.41, 5.74) is 2.30. The van der Waals surface area contributed by atoms with Gasteiger partial charge >= 0.3 is 0 Å². The van der Waals surface area contributed by atoms with E-state index in [-0.39, 0.29) is 21.2 Å². The molecule has 0 atom stereocenters. The Balaban J connectivity index is 1.39. The van der Waals surface area contributed by atoms with Crippen LogP contribution >= 0.6 is 11.3 Å². The summed E-state index contributed by atoms with van der Waals surface area (Å²) in [5.74, 6) is -0.260. The number of sulfonamides is 1. The minimum Gasteiger partial charge on any atom is -0.505 e. The number of thiophene rings is 1. The van der Waals surface area contributed by atoms with E-state index in [1.807, 2.05) is 25.1 Å². The molecular formula is C24H28N6O4S2. The van der Waals surface area contributed by atoms with Crippen molar-refractivity contribution in [1.82, 2.24) is 29.0 Å². The summed E-state index contributed by atoms with van der Waals surface area (Å²) < 4.78 is 29.7. The van der Waals surface area contributed by atoms with Crippen LogP contribution in [-0.2, 0) is 30.0 Å². The Labute approximate surface area is 212 Å². The fourth-order valence-electron chi connectivity index (χ4n) is 4.56. The maximum absolute atomic E-state index is 13.4. The van der Waals surface area contributed by atoms with E-state index in [1.165, 1.54) is 19.9 Å². The van der Waals surface area contributed by atoms with Crippen LogP contribution in [0.25, 0.3) is 21.7 Å². The van der Waals surface area contributed by atoms with Crippen LogP contribution in [0.4, 0.5) is 0 Å². The Morgan fingerprint density at radius 1 is 1.14 bits per heavy atom. The molecule has 2 N–H and O–H groups in total. The number of aromatic hydroxyl groups is 1. The highest BCUT2D eigenvalue weighted by Gasteiger charge is 2.33. The molecule has 1 aliphatic rings. The second-order valence-electron chi connectivity index (χ2n) is 8.88. The lowest BCUT2D eigenvalue weighted by molar-refractivity contribution is 0.181. The van der Waals surface area contributed by atoms with Gasteiger partial charge in [0.25, 0.3) is 5.56 Å². The summed E-state index contributed by atoms with van der Waals surface area (Å²) in [6.45, 7) is 4.63. The van der Waals surface area contributed by atoms with Gasteiger partial charge in [0.1, 0.15) is 15.3 Å². The van der Waals surface area contributed by atoms with E-state index < -0.39 is 15.8 Å². The summed E-state index contributed by atoms with van der Waals surface area (Å²) in [7, 11) is -2.23. The second-order valence-corrected chi connectivity index (χ2v) is 11.7. The molecule has 0 bridgehead atoms. The van der Waals surface area contributed by atoms with Crippen molar-refractivity contribution in [1.29, 1.82) is 0 Å². The van der Waals surface area contributed by atoms with Crippen molar-refractivity contribution in [3.05, 3.63) is 57.3 Å². The first kappa shape index (κ1) is 24.6. The lowest BCUT2D eigenvalue weighted by atomic mass is 10.2. The molecule has 4 heterocycles. The molecule has 0 radical (unpaired) electrons. The van der Waals surface area contributed by atoms with Crippen molar-refractivity contribution in [2.24, 2.45) is 7.05 Å². The van der Waals surface area contributed by atoms with Gasteiger partial charge in [-0.15, -0.1) is 11.3 Å². The lowest BCUT2D eigenvalue weighted by Gasteiger charge is -2.33. The van der Waals surface area contributed by atoms with Crippen LogP contribution in [0.2, 0.25) is 0 Å². The molecule has 12 heteroatoms. The topological polar surface area (TPSA) is 124 Å². The molecule has 1 fully saturated rings. The second kappa shape index (κ2) is 9.77. The van der Waals surface area contributed by atoms with Crippen LogP contribution in [0.3, 0.4) is 0 Å². The SMILES string of the molecule is CCCc1nn(C)c2c(=O)[nH]c(-c3scc(S(=O)(=O)N4CCN(Cc5ccccc5)CC4)c3O)nc12. The number of hydrogen-bond donors (Lipinski definition) is 2. The highest BCUT2D eigenvalue weighted by molar-refractivity contribution is 7.89. The number of rotatable bonds is 7. The molecule has 3 aromatic heterocycles. The highest BCUT2D eigenvalue weighted by Crippen LogP contribution is 2.40. The number of H-pyrrole nitrogens is 1. The number of aromatic amines is 1. The molecule has 10 nitrogen and oxygen atoms in total. The standard InChI is InChI=1S/C24H28N6O4S2/c1-3-7-17-19-20(28(2)27-17)24(32)26-23(25-19)22-21(31)18(15-35-22)36(33,34)30-12-10-29(11-13-30)14-16-8-5-4-6-9-16/h4-6,8-9,15,31H,3,7,10-14H2,1-2H3,(H,25,26,32). The summed E-state index contributed by atoms with van der Waals surface area (Å²) in [5, 5.41) is 16.8. The highest BCUT2D eigenvalue weighted by atomic mass is 32.2. The van der Waals surface area contributed by atoms with Crippen molar-refractivity contribution >= 4 is 32.4 Å². The van der Waals surface area contributed by atoms with Gasteiger partial charge in [0.2, 0.25) is 10.0 Å². The molecule has 190 valence electrons. The number of aromatic nitrogens is 4. The number of nitrogens with zero attached hydrogens (tertiary/aromatic N) is 5. The number of benzene rings is 1. The molecule has 0 aliphatic carbocycles. The Kier molecular flexibility index (Phi) is 6.68. The van der Waals surface area contributed by atoms with Crippen molar-refractivity contribution in [2.75, 3.05) is 26.2 Å². The predicted molar refractivity (Wildman–Crippen MR) is 139 cm³/mol. The average molecular weight is 529 g/mol. The van der Waals surface area contributed by atoms with E-state index in [0.717, 1.165) is 24.3 Å². The van der Waals surface area contributed by atoms with E-state index in [0.29, 0.717) is 49.3 Å². The van der Waals surface area contributed by atoms with Gasteiger partial charge in [-0.1, -0.05) is 43.7 Å². The third-order valence-electron chi connectivity index (χ3n) is 6.39. The first-order chi connectivity index (χ1) is 17.3. The Morgan fingerprint density at radius 3 is 2.56 bits per heavy atom. The maximum Gasteiger partial charge on any atom is 0.277 e. The van der Waals surface area contributed by atoms with Crippen molar-refractivity contribution in [2.45, 2.75) is 31.2 Å². The molecule has 0 spiro atoms. The molecule has 0 unspecified atom stereocenters. The fourth-order valence-corrected chi connectivity index (χ4v) is 7.29. The largest absolute Gasteiger partial charge is 0.505 e. The monoisotopic (exact) mass is 528 g/mol. The van der Waals surface area contributed by atoms with Gasteiger partial charge in [-0.3, -0.25) is 14.4 Å². The Morgan fingerprint density at radius 2 is 1.86 bits per heavy atom. The Hall–Kier alpha value is -3.06. The Bertz CT molecular complexity index is 1550. The van der Waals surface area contributed by atoms with Crippen LogP contribution in [0.5, 0.6) is 5.75 Å². The van der Waals surface area contributed by atoms with Crippen LogP contribution in [0.15, 0.2) is 45.4 Å². The maximum atomic E-state index is 13.4. The molecule has 5 rings (SSSR count). The molecule has 0 saturated carbocycles. The lowest BCUT2D eigenvalue weighted by Crippen LogP contribution is -2.48. The normalized spacial score (nSPS) is 15.6. The molecule has 1 aliphatic heterocycles. The zero-order valence-corrected chi connectivity index (χ0v) is 21.8. The average Bonchev–Trinajstić information content (AvgIpc) is 3.40. The first-order valence-corrected chi connectivity index (χ1v) is 14.1. The fraction of sp³-hybridized carbons (Fsp3) is 0.375. The third kappa shape index (κ3) is 4.45. The third-order valence-corrected chi connectivity index (χ3v) is 9.43. The van der Waals surface area contributed by atoms with Crippen LogP contribution in [0, 0.1) is 0 Å². The minimum absolute atomic E-state index is 0.134. The number of aryl methyl sites for hydroxylation is 2. The molecule has 4 aromatic rings. The summed E-state index contributed by atoms with van der Waals surface area (Å²) >= 11 is 1.04. The number of hydrogen-bond acceptors (Lipinski definition) is 8. The van der Waals surface area contributed by atoms with Gasteiger partial charge < -0.3 is 10.1 Å². The number of fused-ring (bicyclic) bond motifs is 1. The molecule has 1 aromatic carbocycles. The van der Waals surface area contributed by atoms with Crippen molar-refractivity contribution < 1.29 is 13.5 Å². The summed E-state index contributed by atoms with van der Waals surface area (Å²) in [6.07, 6.45) is 1.49. The van der Waals surface area contributed by atoms with Gasteiger partial charge in [-0.25, -0.2) is 13.4 Å². The van der Waals surface area contributed by atoms with E-state index in [4.69, 9.17) is 0 Å². The van der Waals surface area contributed by atoms with Crippen LogP contribution in [-0.4, -0.2) is 68.7 Å². The number of nitrogens with one attached hydrogen (secondary N) is 1. The minimum atomic E-state index is -3.91. The molecular weight excluding hydrogens is 500 g/mol. The number of piperazine rings is 1. The van der Waals surface area contributed by atoms with Gasteiger partial charge in [0.05, 0.1) is 5.69 Å². The molecule has 0 amide bonds. The molecule has 1 saturated heterocycles. The van der Waals surface area contributed by atoms with Gasteiger partial charge in [0.15, 0.2) is 17.1 Å². The van der Waals surface area contributed by atoms with E-state index in [1.54, 1.807) is 7.05 Å². The first-order valence-electron chi connectivity index (χ1n) is 11.8.